The van der Waals surface area contributed by atoms with Gasteiger partial charge in [-0.2, -0.15) is 0 Å². The maximum absolute atomic E-state index is 13.2. The van der Waals surface area contributed by atoms with E-state index in [0.717, 1.165) is 24.8 Å². The monoisotopic (exact) mass is 448 g/mol. The highest BCUT2D eigenvalue weighted by Crippen LogP contribution is 2.67. The average molecular weight is 449 g/mol. The average Bonchev–Trinajstić information content (AvgIpc) is 2.98. The van der Waals surface area contributed by atoms with Crippen molar-refractivity contribution in [2.24, 2.45) is 28.6 Å². The maximum Gasteiger partial charge on any atom is 0.303 e. The third kappa shape index (κ3) is 3.39. The Bertz CT molecular complexity index is 849. The molecule has 0 spiro atoms. The Hall–Kier alpha value is -1.57. The van der Waals surface area contributed by atoms with Crippen LogP contribution in [0.1, 0.15) is 78.1 Å². The summed E-state index contributed by atoms with van der Waals surface area (Å²) in [5.74, 6) is -1.28. The zero-order chi connectivity index (χ0) is 23.5. The summed E-state index contributed by atoms with van der Waals surface area (Å²) in [7, 11) is 0. The van der Waals surface area contributed by atoms with Gasteiger partial charge in [0, 0.05) is 18.3 Å². The van der Waals surface area contributed by atoms with Gasteiger partial charge in [-0.25, -0.2) is 0 Å². The number of carboxylic acid groups (broad SMARTS) is 1. The number of carboxylic acids is 1. The smallest absolute Gasteiger partial charge is 0.303 e. The lowest BCUT2D eigenvalue weighted by atomic mass is 9.45. The van der Waals surface area contributed by atoms with E-state index < -0.39 is 35.0 Å². The Balaban J connectivity index is 1.59. The van der Waals surface area contributed by atoms with Gasteiger partial charge in [0.05, 0.1) is 6.10 Å². The molecule has 0 saturated heterocycles. The molecule has 4 N–H and O–H groups in total. The predicted molar refractivity (Wildman–Crippen MR) is 116 cm³/mol. The van der Waals surface area contributed by atoms with Gasteiger partial charge < -0.3 is 20.4 Å². The molecule has 0 aromatic rings. The van der Waals surface area contributed by atoms with Crippen LogP contribution < -0.4 is 0 Å². The fourth-order valence-corrected chi connectivity index (χ4v) is 7.95. The Morgan fingerprint density at radius 2 is 1.91 bits per heavy atom. The van der Waals surface area contributed by atoms with E-state index in [1.54, 1.807) is 6.08 Å². The molecule has 0 aliphatic heterocycles. The number of hydrogen-bond donors (Lipinski definition) is 4. The van der Waals surface area contributed by atoms with Crippen molar-refractivity contribution >= 4 is 17.5 Å². The lowest BCUT2D eigenvalue weighted by molar-refractivity contribution is -0.186. The number of hydrogen-bond acceptors (Lipinski definition) is 6. The minimum Gasteiger partial charge on any atom is -0.481 e. The molecule has 0 aromatic heterocycles. The van der Waals surface area contributed by atoms with E-state index in [1.807, 2.05) is 6.92 Å². The fraction of sp³-hybridized carbons (Fsp3) is 0.800. The van der Waals surface area contributed by atoms with Gasteiger partial charge in [-0.1, -0.05) is 19.4 Å². The molecule has 3 saturated carbocycles. The van der Waals surface area contributed by atoms with E-state index >= 15 is 0 Å². The van der Waals surface area contributed by atoms with Crippen LogP contribution in [0.3, 0.4) is 0 Å². The third-order valence-corrected chi connectivity index (χ3v) is 9.63. The number of rotatable bonds is 6. The molecule has 32 heavy (non-hydrogen) atoms. The third-order valence-electron chi connectivity index (χ3n) is 9.63. The summed E-state index contributed by atoms with van der Waals surface area (Å²) in [4.78, 5) is 36.0. The molecule has 8 atom stereocenters. The second kappa shape index (κ2) is 8.03. The normalized spacial score (nSPS) is 44.2. The molecular formula is C25H36O7. The molecule has 0 heterocycles. The van der Waals surface area contributed by atoms with E-state index in [4.69, 9.17) is 5.11 Å². The highest BCUT2D eigenvalue weighted by atomic mass is 16.4. The van der Waals surface area contributed by atoms with Crippen LogP contribution in [0.4, 0.5) is 0 Å². The SMILES string of the molecule is C[C@]12CCC(=O)C=C1CC[C@@H]1[C@@H]2[C@@H](O)C[C@@]2(C)[C@H]1CC[C@]2(O)C(=O)C(O)CCCC(=O)O. The molecule has 7 nitrogen and oxygen atoms in total. The van der Waals surface area contributed by atoms with Gasteiger partial charge >= 0.3 is 5.97 Å². The molecule has 4 aliphatic carbocycles. The van der Waals surface area contributed by atoms with Gasteiger partial charge in [0.25, 0.3) is 0 Å². The first-order valence-corrected chi connectivity index (χ1v) is 12.0. The summed E-state index contributed by atoms with van der Waals surface area (Å²) in [5, 5.41) is 42.3. The quantitative estimate of drug-likeness (QED) is 0.490. The van der Waals surface area contributed by atoms with Gasteiger partial charge in [-0.15, -0.1) is 0 Å². The number of carbonyl (C=O) groups excluding carboxylic acids is 2. The van der Waals surface area contributed by atoms with Crippen molar-refractivity contribution in [2.45, 2.75) is 95.9 Å². The summed E-state index contributed by atoms with van der Waals surface area (Å²) >= 11 is 0. The number of carbonyl (C=O) groups is 3. The van der Waals surface area contributed by atoms with E-state index in [9.17, 15) is 29.7 Å². The van der Waals surface area contributed by atoms with E-state index in [1.165, 1.54) is 0 Å². The standard InChI is InChI=1S/C25H36O7/c1-23-10-8-15(26)12-14(23)6-7-16-17-9-11-25(32,24(17,2)13-19(28)21(16)23)22(31)18(27)4-3-5-20(29)30/h12,16-19,21,27-28,32H,3-11,13H2,1-2H3,(H,29,30)/t16-,17-,18?,19-,21+,23-,24-,25-/m0/s1. The van der Waals surface area contributed by atoms with Crippen LogP contribution in [0.25, 0.3) is 0 Å². The maximum atomic E-state index is 13.2. The van der Waals surface area contributed by atoms with Gasteiger partial charge in [0.1, 0.15) is 11.7 Å². The Morgan fingerprint density at radius 3 is 2.59 bits per heavy atom. The van der Waals surface area contributed by atoms with Crippen LogP contribution >= 0.6 is 0 Å². The zero-order valence-corrected chi connectivity index (χ0v) is 19.0. The topological polar surface area (TPSA) is 132 Å². The molecule has 7 heteroatoms. The second-order valence-corrected chi connectivity index (χ2v) is 11.1. The van der Waals surface area contributed by atoms with Gasteiger partial charge in [0.2, 0.25) is 0 Å². The van der Waals surface area contributed by atoms with Crippen LogP contribution in [0.15, 0.2) is 11.6 Å². The summed E-state index contributed by atoms with van der Waals surface area (Å²) in [6.07, 6.45) is 3.71. The number of aliphatic hydroxyl groups excluding tert-OH is 2. The summed E-state index contributed by atoms with van der Waals surface area (Å²) < 4.78 is 0. The minimum absolute atomic E-state index is 0.00303. The van der Waals surface area contributed by atoms with Crippen molar-refractivity contribution in [3.63, 3.8) is 0 Å². The lowest BCUT2D eigenvalue weighted by Crippen LogP contribution is -2.62. The van der Waals surface area contributed by atoms with E-state index in [0.29, 0.717) is 12.8 Å². The summed E-state index contributed by atoms with van der Waals surface area (Å²) in [6.45, 7) is 4.04. The van der Waals surface area contributed by atoms with Crippen LogP contribution in [0.5, 0.6) is 0 Å². The molecule has 0 radical (unpaired) electrons. The molecule has 0 bridgehead atoms. The van der Waals surface area contributed by atoms with Gasteiger partial charge in [-0.3, -0.25) is 14.4 Å². The predicted octanol–water partition coefficient (Wildman–Crippen LogP) is 2.41. The number of allylic oxidation sites excluding steroid dienone is 1. The first kappa shape index (κ1) is 23.6. The van der Waals surface area contributed by atoms with Crippen molar-refractivity contribution in [3.8, 4) is 0 Å². The molecule has 0 amide bonds. The molecule has 4 rings (SSSR count). The fourth-order valence-electron chi connectivity index (χ4n) is 7.95. The van der Waals surface area contributed by atoms with Gasteiger partial charge in [-0.05, 0) is 80.6 Å². The first-order chi connectivity index (χ1) is 14.9. The number of Topliss-reactive ketones (excluding diaryl/α,β-unsaturated/α-hetero) is 1. The molecular weight excluding hydrogens is 412 g/mol. The lowest BCUT2D eigenvalue weighted by Gasteiger charge is -2.60. The van der Waals surface area contributed by atoms with Crippen LogP contribution in [-0.2, 0) is 14.4 Å². The molecule has 3 fully saturated rings. The number of aliphatic hydroxyl groups is 3. The summed E-state index contributed by atoms with van der Waals surface area (Å²) in [5.41, 5.74) is -1.68. The van der Waals surface area contributed by atoms with Crippen molar-refractivity contribution in [1.82, 2.24) is 0 Å². The van der Waals surface area contributed by atoms with E-state index in [2.05, 4.69) is 6.92 Å². The summed E-state index contributed by atoms with van der Waals surface area (Å²) in [6, 6.07) is 0. The van der Waals surface area contributed by atoms with Crippen LogP contribution in [0.2, 0.25) is 0 Å². The van der Waals surface area contributed by atoms with Crippen molar-refractivity contribution in [1.29, 1.82) is 0 Å². The van der Waals surface area contributed by atoms with Crippen molar-refractivity contribution < 1.29 is 34.8 Å². The van der Waals surface area contributed by atoms with Crippen molar-refractivity contribution in [2.75, 3.05) is 0 Å². The zero-order valence-electron chi connectivity index (χ0n) is 19.0. The molecule has 178 valence electrons. The highest BCUT2D eigenvalue weighted by Gasteiger charge is 2.68. The Morgan fingerprint density at radius 1 is 1.19 bits per heavy atom. The van der Waals surface area contributed by atoms with Crippen LogP contribution in [0, 0.1) is 28.6 Å². The number of ketones is 2. The van der Waals surface area contributed by atoms with Gasteiger partial charge in [0.15, 0.2) is 11.6 Å². The number of fused-ring (bicyclic) bond motifs is 5. The van der Waals surface area contributed by atoms with Crippen LogP contribution in [-0.4, -0.2) is 55.8 Å². The number of aliphatic carboxylic acids is 1. The van der Waals surface area contributed by atoms with Crippen molar-refractivity contribution in [3.05, 3.63) is 11.6 Å². The van der Waals surface area contributed by atoms with E-state index in [-0.39, 0.29) is 61.1 Å². The first-order valence-electron chi connectivity index (χ1n) is 12.0. The Labute approximate surface area is 188 Å². The molecule has 4 aliphatic rings. The molecule has 0 aromatic carbocycles. The molecule has 1 unspecified atom stereocenters. The highest BCUT2D eigenvalue weighted by molar-refractivity contribution is 5.92. The largest absolute Gasteiger partial charge is 0.481 e. The minimum atomic E-state index is -1.73. The Kier molecular flexibility index (Phi) is 5.92. The second-order valence-electron chi connectivity index (χ2n) is 11.1.